The first-order valence-electron chi connectivity index (χ1n) is 4.47. The highest BCUT2D eigenvalue weighted by atomic mass is 16.5. The molecular weight excluding hydrogens is 194 g/mol. The molecule has 4 heteroatoms. The Labute approximate surface area is 87.6 Å². The average molecular weight is 205 g/mol. The molecule has 1 aromatic carbocycles. The van der Waals surface area contributed by atoms with E-state index in [-0.39, 0.29) is 13.2 Å². The summed E-state index contributed by atoms with van der Waals surface area (Å²) in [7, 11) is 0. The third-order valence-electron chi connectivity index (χ3n) is 1.64. The van der Waals surface area contributed by atoms with Crippen molar-refractivity contribution in [3.05, 3.63) is 42.0 Å². The summed E-state index contributed by atoms with van der Waals surface area (Å²) in [4.78, 5) is 20.8. The highest BCUT2D eigenvalue weighted by Gasteiger charge is 1.99. The van der Waals surface area contributed by atoms with Crippen LogP contribution in [0.1, 0.15) is 5.56 Å². The van der Waals surface area contributed by atoms with E-state index in [1.165, 1.54) is 6.08 Å². The predicted molar refractivity (Wildman–Crippen MR) is 54.9 cm³/mol. The lowest BCUT2D eigenvalue weighted by molar-refractivity contribution is 0.141. The Morgan fingerprint density at radius 1 is 1.40 bits per heavy atom. The van der Waals surface area contributed by atoms with Gasteiger partial charge in [-0.25, -0.2) is 9.59 Å². The van der Waals surface area contributed by atoms with Gasteiger partial charge in [0.25, 0.3) is 0 Å². The summed E-state index contributed by atoms with van der Waals surface area (Å²) < 4.78 is 4.87. The molecular formula is C11H11NO3. The number of carbonyl (C=O) groups is 1. The SMILES string of the molecule is O=C=CCNC(=O)OCc1ccccc1. The number of carbonyl (C=O) groups excluding carboxylic acids is 2. The fraction of sp³-hybridized carbons (Fsp3) is 0.182. The van der Waals surface area contributed by atoms with Crippen LogP contribution in [0, 0.1) is 0 Å². The minimum absolute atomic E-state index is 0.136. The molecule has 1 aromatic rings. The first-order chi connectivity index (χ1) is 7.33. The minimum atomic E-state index is -0.551. The van der Waals surface area contributed by atoms with Crippen LogP contribution in [0.5, 0.6) is 0 Å². The van der Waals surface area contributed by atoms with E-state index in [9.17, 15) is 9.59 Å². The molecule has 0 saturated heterocycles. The van der Waals surface area contributed by atoms with Gasteiger partial charge in [0.2, 0.25) is 0 Å². The topological polar surface area (TPSA) is 55.4 Å². The zero-order valence-corrected chi connectivity index (χ0v) is 8.10. The number of rotatable bonds is 4. The molecule has 0 radical (unpaired) electrons. The molecule has 0 bridgehead atoms. The minimum Gasteiger partial charge on any atom is -0.445 e. The van der Waals surface area contributed by atoms with Gasteiger partial charge in [-0.3, -0.25) is 0 Å². The van der Waals surface area contributed by atoms with Crippen LogP contribution >= 0.6 is 0 Å². The van der Waals surface area contributed by atoms with Crippen LogP contribution in [0.15, 0.2) is 36.4 Å². The predicted octanol–water partition coefficient (Wildman–Crippen LogP) is 1.30. The van der Waals surface area contributed by atoms with Gasteiger partial charge in [0.15, 0.2) is 0 Å². The van der Waals surface area contributed by atoms with E-state index in [1.54, 1.807) is 5.94 Å². The largest absolute Gasteiger partial charge is 0.445 e. The number of amides is 1. The molecule has 0 saturated carbocycles. The second kappa shape index (κ2) is 6.40. The molecule has 0 aliphatic carbocycles. The van der Waals surface area contributed by atoms with Crippen LogP contribution in [0.4, 0.5) is 4.79 Å². The van der Waals surface area contributed by atoms with Gasteiger partial charge in [-0.05, 0) is 5.56 Å². The Morgan fingerprint density at radius 3 is 2.80 bits per heavy atom. The van der Waals surface area contributed by atoms with Gasteiger partial charge in [0, 0.05) is 12.6 Å². The highest BCUT2D eigenvalue weighted by Crippen LogP contribution is 2.00. The number of benzene rings is 1. The van der Waals surface area contributed by atoms with Gasteiger partial charge in [0.05, 0.1) is 0 Å². The zero-order valence-electron chi connectivity index (χ0n) is 8.10. The molecule has 1 rings (SSSR count). The van der Waals surface area contributed by atoms with Crippen molar-refractivity contribution in [3.8, 4) is 0 Å². The number of hydrogen-bond donors (Lipinski definition) is 1. The van der Waals surface area contributed by atoms with E-state index in [2.05, 4.69) is 5.32 Å². The lowest BCUT2D eigenvalue weighted by Gasteiger charge is -2.04. The summed E-state index contributed by atoms with van der Waals surface area (Å²) in [5, 5.41) is 2.37. The second-order valence-electron chi connectivity index (χ2n) is 2.76. The zero-order chi connectivity index (χ0) is 10.9. The standard InChI is InChI=1S/C11H11NO3/c13-8-4-7-12-11(14)15-9-10-5-2-1-3-6-10/h1-6H,7,9H2,(H,12,14). The summed E-state index contributed by atoms with van der Waals surface area (Å²) in [5.74, 6) is 1.55. The van der Waals surface area contributed by atoms with Gasteiger partial charge in [-0.15, -0.1) is 0 Å². The van der Waals surface area contributed by atoms with E-state index in [0.29, 0.717) is 0 Å². The number of alkyl carbamates (subject to hydrolysis) is 1. The first kappa shape index (κ1) is 11.0. The molecule has 0 atom stereocenters. The normalized spacial score (nSPS) is 8.80. The van der Waals surface area contributed by atoms with Crippen LogP contribution < -0.4 is 5.32 Å². The maximum Gasteiger partial charge on any atom is 0.407 e. The second-order valence-corrected chi connectivity index (χ2v) is 2.76. The molecule has 78 valence electrons. The van der Waals surface area contributed by atoms with E-state index in [4.69, 9.17) is 4.74 Å². The Balaban J connectivity index is 2.25. The van der Waals surface area contributed by atoms with Crippen molar-refractivity contribution in [2.45, 2.75) is 6.61 Å². The van der Waals surface area contributed by atoms with Crippen LogP contribution in [-0.2, 0) is 16.1 Å². The van der Waals surface area contributed by atoms with E-state index in [0.717, 1.165) is 5.56 Å². The van der Waals surface area contributed by atoms with Crippen molar-refractivity contribution < 1.29 is 14.3 Å². The van der Waals surface area contributed by atoms with Gasteiger partial charge >= 0.3 is 6.09 Å². The van der Waals surface area contributed by atoms with Gasteiger partial charge in [0.1, 0.15) is 12.5 Å². The third kappa shape index (κ3) is 4.64. The fourth-order valence-electron chi connectivity index (χ4n) is 0.950. The van der Waals surface area contributed by atoms with Crippen molar-refractivity contribution >= 4 is 12.0 Å². The number of hydrogen-bond acceptors (Lipinski definition) is 3. The molecule has 0 aromatic heterocycles. The molecule has 15 heavy (non-hydrogen) atoms. The van der Waals surface area contributed by atoms with Gasteiger partial charge in [-0.2, -0.15) is 0 Å². The molecule has 0 aliphatic rings. The fourth-order valence-corrected chi connectivity index (χ4v) is 0.950. The molecule has 0 unspecified atom stereocenters. The molecule has 4 nitrogen and oxygen atoms in total. The monoisotopic (exact) mass is 205 g/mol. The maximum atomic E-state index is 11.0. The lowest BCUT2D eigenvalue weighted by Crippen LogP contribution is -2.24. The van der Waals surface area contributed by atoms with E-state index in [1.807, 2.05) is 30.3 Å². The Bertz CT molecular complexity index is 355. The lowest BCUT2D eigenvalue weighted by atomic mass is 10.2. The van der Waals surface area contributed by atoms with Crippen LogP contribution in [0.2, 0.25) is 0 Å². The quantitative estimate of drug-likeness (QED) is 0.754. The van der Waals surface area contributed by atoms with Crippen molar-refractivity contribution in [2.24, 2.45) is 0 Å². The Morgan fingerprint density at radius 2 is 2.13 bits per heavy atom. The van der Waals surface area contributed by atoms with Crippen LogP contribution in [0.25, 0.3) is 0 Å². The molecule has 1 N–H and O–H groups in total. The van der Waals surface area contributed by atoms with Gasteiger partial charge in [-0.1, -0.05) is 30.3 Å². The third-order valence-corrected chi connectivity index (χ3v) is 1.64. The van der Waals surface area contributed by atoms with Crippen molar-refractivity contribution in [1.82, 2.24) is 5.32 Å². The van der Waals surface area contributed by atoms with Crippen LogP contribution in [-0.4, -0.2) is 18.6 Å². The van der Waals surface area contributed by atoms with Gasteiger partial charge < -0.3 is 10.1 Å². The smallest absolute Gasteiger partial charge is 0.407 e. The summed E-state index contributed by atoms with van der Waals surface area (Å²) in [6.45, 7) is 0.356. The summed E-state index contributed by atoms with van der Waals surface area (Å²) in [6, 6.07) is 9.34. The van der Waals surface area contributed by atoms with E-state index < -0.39 is 6.09 Å². The first-order valence-corrected chi connectivity index (χ1v) is 4.47. The molecule has 0 fully saturated rings. The highest BCUT2D eigenvalue weighted by molar-refractivity contribution is 5.67. The summed E-state index contributed by atoms with van der Waals surface area (Å²) in [5.41, 5.74) is 0.915. The van der Waals surface area contributed by atoms with Crippen LogP contribution in [0.3, 0.4) is 0 Å². The van der Waals surface area contributed by atoms with Crippen molar-refractivity contribution in [2.75, 3.05) is 6.54 Å². The average Bonchev–Trinajstić information content (AvgIpc) is 2.28. The van der Waals surface area contributed by atoms with Crippen molar-refractivity contribution in [3.63, 3.8) is 0 Å². The molecule has 0 heterocycles. The maximum absolute atomic E-state index is 11.0. The molecule has 0 aliphatic heterocycles. The number of ether oxygens (including phenoxy) is 1. The molecule has 1 amide bonds. The number of nitrogens with one attached hydrogen (secondary N) is 1. The summed E-state index contributed by atoms with van der Waals surface area (Å²) in [6.07, 6.45) is 0.620. The summed E-state index contributed by atoms with van der Waals surface area (Å²) >= 11 is 0. The van der Waals surface area contributed by atoms with E-state index >= 15 is 0 Å². The Hall–Kier alpha value is -2.06. The molecule has 0 spiro atoms. The van der Waals surface area contributed by atoms with Crippen molar-refractivity contribution in [1.29, 1.82) is 0 Å². The Kier molecular flexibility index (Phi) is 4.70.